The van der Waals surface area contributed by atoms with Crippen molar-refractivity contribution in [3.05, 3.63) is 18.5 Å². The Kier molecular flexibility index (Phi) is 6.17. The zero-order valence-electron chi connectivity index (χ0n) is 14.5. The predicted octanol–water partition coefficient (Wildman–Crippen LogP) is -0.797. The van der Waals surface area contributed by atoms with Crippen molar-refractivity contribution in [3.63, 3.8) is 0 Å². The fourth-order valence-corrected chi connectivity index (χ4v) is 3.54. The van der Waals surface area contributed by atoms with Gasteiger partial charge in [-0.25, -0.2) is 9.97 Å². The molecule has 1 aliphatic heterocycles. The molecule has 4 N–H and O–H groups in total. The predicted molar refractivity (Wildman–Crippen MR) is 95.0 cm³/mol. The summed E-state index contributed by atoms with van der Waals surface area (Å²) in [5.41, 5.74) is 5.86. The molecule has 2 aliphatic rings. The molecule has 2 fully saturated rings. The summed E-state index contributed by atoms with van der Waals surface area (Å²) < 4.78 is 0. The number of carbonyl (C=O) groups excluding carboxylic acids is 1. The molecule has 1 aromatic rings. The number of piperazine rings is 1. The van der Waals surface area contributed by atoms with Crippen molar-refractivity contribution in [1.29, 1.82) is 0 Å². The Morgan fingerprint density at radius 2 is 1.96 bits per heavy atom. The average Bonchev–Trinajstić information content (AvgIpc) is 2.65. The SMILES string of the molecule is N[C@@H]1C[C@@H](C(=O)NCCN2CCN(c3ncccn3)CC2)CC[C@H]1O. The number of aliphatic hydroxyl groups excluding tert-OH is 1. The molecule has 8 nitrogen and oxygen atoms in total. The Labute approximate surface area is 148 Å². The Morgan fingerprint density at radius 3 is 2.64 bits per heavy atom. The van der Waals surface area contributed by atoms with Gasteiger partial charge < -0.3 is 21.1 Å². The van der Waals surface area contributed by atoms with Crippen LogP contribution in [0.15, 0.2) is 18.5 Å². The van der Waals surface area contributed by atoms with E-state index in [1.54, 1.807) is 12.4 Å². The highest BCUT2D eigenvalue weighted by atomic mass is 16.3. The van der Waals surface area contributed by atoms with Gasteiger partial charge in [0.25, 0.3) is 0 Å². The Morgan fingerprint density at radius 1 is 1.24 bits per heavy atom. The Bertz CT molecular complexity index is 549. The van der Waals surface area contributed by atoms with Crippen LogP contribution >= 0.6 is 0 Å². The van der Waals surface area contributed by atoms with Crippen LogP contribution in [0.2, 0.25) is 0 Å². The number of nitrogens with zero attached hydrogens (tertiary/aromatic N) is 4. The van der Waals surface area contributed by atoms with Crippen LogP contribution < -0.4 is 16.0 Å². The number of hydrogen-bond donors (Lipinski definition) is 3. The lowest BCUT2D eigenvalue weighted by Crippen LogP contribution is -2.50. The summed E-state index contributed by atoms with van der Waals surface area (Å²) in [6.07, 6.45) is 4.97. The van der Waals surface area contributed by atoms with Crippen molar-refractivity contribution in [1.82, 2.24) is 20.2 Å². The molecule has 25 heavy (non-hydrogen) atoms. The van der Waals surface area contributed by atoms with E-state index >= 15 is 0 Å². The van der Waals surface area contributed by atoms with Gasteiger partial charge in [-0.15, -0.1) is 0 Å². The molecule has 0 bridgehead atoms. The maximum absolute atomic E-state index is 12.2. The third-order valence-electron chi connectivity index (χ3n) is 5.17. The minimum Gasteiger partial charge on any atom is -0.392 e. The first-order valence-electron chi connectivity index (χ1n) is 9.09. The van der Waals surface area contributed by atoms with E-state index in [4.69, 9.17) is 5.73 Å². The van der Waals surface area contributed by atoms with Gasteiger partial charge in [-0.3, -0.25) is 9.69 Å². The highest BCUT2D eigenvalue weighted by Gasteiger charge is 2.30. The van der Waals surface area contributed by atoms with E-state index in [1.165, 1.54) is 0 Å². The number of nitrogens with two attached hydrogens (primary N) is 1. The molecular formula is C17H28N6O2. The van der Waals surface area contributed by atoms with Crippen LogP contribution in [0.5, 0.6) is 0 Å². The number of rotatable bonds is 5. The first kappa shape index (κ1) is 18.0. The van der Waals surface area contributed by atoms with Crippen molar-refractivity contribution >= 4 is 11.9 Å². The van der Waals surface area contributed by atoms with Crippen LogP contribution in [0.25, 0.3) is 0 Å². The highest BCUT2D eigenvalue weighted by molar-refractivity contribution is 5.78. The maximum Gasteiger partial charge on any atom is 0.225 e. The van der Waals surface area contributed by atoms with Crippen LogP contribution in [-0.4, -0.2) is 77.3 Å². The molecule has 3 rings (SSSR count). The second-order valence-corrected chi connectivity index (χ2v) is 6.91. The van der Waals surface area contributed by atoms with E-state index in [0.29, 0.717) is 19.4 Å². The van der Waals surface area contributed by atoms with Crippen molar-refractivity contribution < 1.29 is 9.90 Å². The normalized spacial score (nSPS) is 27.9. The second kappa shape index (κ2) is 8.55. The number of carbonyl (C=O) groups is 1. The molecule has 2 heterocycles. The lowest BCUT2D eigenvalue weighted by atomic mass is 9.84. The third-order valence-corrected chi connectivity index (χ3v) is 5.17. The molecule has 1 aliphatic carbocycles. The molecule has 0 radical (unpaired) electrons. The standard InChI is InChI=1S/C17H28N6O2/c18-14-12-13(2-3-15(14)24)16(25)19-6-7-22-8-10-23(11-9-22)17-20-4-1-5-21-17/h1,4-5,13-15,24H,2-3,6-12,18H2,(H,19,25)/t13-,14+,15+/m0/s1. The van der Waals surface area contributed by atoms with Gasteiger partial charge in [0.05, 0.1) is 6.10 Å². The number of nitrogens with one attached hydrogen (secondary N) is 1. The van der Waals surface area contributed by atoms with Crippen LogP contribution in [0.4, 0.5) is 5.95 Å². The summed E-state index contributed by atoms with van der Waals surface area (Å²) in [6.45, 7) is 5.16. The Balaban J connectivity index is 1.34. The summed E-state index contributed by atoms with van der Waals surface area (Å²) in [6, 6.07) is 1.54. The fourth-order valence-electron chi connectivity index (χ4n) is 3.54. The monoisotopic (exact) mass is 348 g/mol. The van der Waals surface area contributed by atoms with Crippen LogP contribution in [0.1, 0.15) is 19.3 Å². The number of anilines is 1. The average molecular weight is 348 g/mol. The fraction of sp³-hybridized carbons (Fsp3) is 0.706. The van der Waals surface area contributed by atoms with Crippen LogP contribution in [-0.2, 0) is 4.79 Å². The van der Waals surface area contributed by atoms with Crippen molar-refractivity contribution in [2.45, 2.75) is 31.4 Å². The molecule has 0 unspecified atom stereocenters. The summed E-state index contributed by atoms with van der Waals surface area (Å²) in [5.74, 6) is 0.787. The zero-order chi connectivity index (χ0) is 17.6. The zero-order valence-corrected chi connectivity index (χ0v) is 14.5. The van der Waals surface area contributed by atoms with Crippen molar-refractivity contribution in [2.75, 3.05) is 44.2 Å². The largest absolute Gasteiger partial charge is 0.392 e. The molecule has 1 amide bonds. The van der Waals surface area contributed by atoms with E-state index in [-0.39, 0.29) is 17.9 Å². The van der Waals surface area contributed by atoms with Gasteiger partial charge in [0, 0.05) is 63.6 Å². The van der Waals surface area contributed by atoms with Gasteiger partial charge in [-0.2, -0.15) is 0 Å². The second-order valence-electron chi connectivity index (χ2n) is 6.91. The van der Waals surface area contributed by atoms with Gasteiger partial charge in [0.15, 0.2) is 0 Å². The minimum absolute atomic E-state index is 0.0644. The van der Waals surface area contributed by atoms with Crippen molar-refractivity contribution in [3.8, 4) is 0 Å². The van der Waals surface area contributed by atoms with Crippen molar-refractivity contribution in [2.24, 2.45) is 11.7 Å². The molecule has 8 heteroatoms. The summed E-state index contributed by atoms with van der Waals surface area (Å²) >= 11 is 0. The minimum atomic E-state index is -0.464. The molecule has 138 valence electrons. The molecule has 0 aromatic carbocycles. The third kappa shape index (κ3) is 4.87. The van der Waals surface area contributed by atoms with E-state index in [1.807, 2.05) is 6.07 Å². The number of aliphatic hydroxyl groups is 1. The van der Waals surface area contributed by atoms with E-state index in [9.17, 15) is 9.90 Å². The summed E-state index contributed by atoms with van der Waals surface area (Å²) in [4.78, 5) is 25.3. The van der Waals surface area contributed by atoms with Gasteiger partial charge in [-0.05, 0) is 25.3 Å². The van der Waals surface area contributed by atoms with Crippen LogP contribution in [0, 0.1) is 5.92 Å². The van der Waals surface area contributed by atoms with Gasteiger partial charge >= 0.3 is 0 Å². The number of amides is 1. The molecule has 1 aromatic heterocycles. The topological polar surface area (TPSA) is 108 Å². The van der Waals surface area contributed by atoms with Crippen LogP contribution in [0.3, 0.4) is 0 Å². The van der Waals surface area contributed by atoms with Gasteiger partial charge in [-0.1, -0.05) is 0 Å². The van der Waals surface area contributed by atoms with E-state index < -0.39 is 6.10 Å². The number of aromatic nitrogens is 2. The molecule has 0 spiro atoms. The lowest BCUT2D eigenvalue weighted by molar-refractivity contribution is -0.126. The maximum atomic E-state index is 12.2. The summed E-state index contributed by atoms with van der Waals surface area (Å²) in [5, 5.41) is 12.7. The Hall–Kier alpha value is -1.77. The lowest BCUT2D eigenvalue weighted by Gasteiger charge is -2.35. The summed E-state index contributed by atoms with van der Waals surface area (Å²) in [7, 11) is 0. The first-order valence-corrected chi connectivity index (χ1v) is 9.09. The molecule has 3 atom stereocenters. The van der Waals surface area contributed by atoms with E-state index in [0.717, 1.165) is 45.1 Å². The molecular weight excluding hydrogens is 320 g/mol. The smallest absolute Gasteiger partial charge is 0.225 e. The van der Waals surface area contributed by atoms with E-state index in [2.05, 4.69) is 25.1 Å². The molecule has 1 saturated carbocycles. The quantitative estimate of drug-likeness (QED) is 0.639. The van der Waals surface area contributed by atoms with Gasteiger partial charge in [0.1, 0.15) is 0 Å². The highest BCUT2D eigenvalue weighted by Crippen LogP contribution is 2.23. The number of hydrogen-bond acceptors (Lipinski definition) is 7. The van der Waals surface area contributed by atoms with Gasteiger partial charge in [0.2, 0.25) is 11.9 Å². The first-order chi connectivity index (χ1) is 12.1. The molecule has 1 saturated heterocycles.